The fraction of sp³-hybridized carbons (Fsp3) is 0.593. The molecule has 1 aromatic carbocycles. The zero-order chi connectivity index (χ0) is 24.0. The van der Waals surface area contributed by atoms with Crippen molar-refractivity contribution in [2.75, 3.05) is 19.7 Å². The van der Waals surface area contributed by atoms with Crippen LogP contribution in [0, 0.1) is 11.3 Å². The van der Waals surface area contributed by atoms with Crippen LogP contribution in [0.15, 0.2) is 36.5 Å². The van der Waals surface area contributed by atoms with Gasteiger partial charge in [-0.05, 0) is 62.1 Å². The number of benzene rings is 1. The van der Waals surface area contributed by atoms with Gasteiger partial charge < -0.3 is 15.0 Å². The number of nitrogens with one attached hydrogen (secondary N) is 2. The maximum atomic E-state index is 13.7. The monoisotopic (exact) mass is 466 g/mol. The Kier molecular flexibility index (Phi) is 7.91. The number of H-pyrrole nitrogens is 1. The fourth-order valence-electron chi connectivity index (χ4n) is 5.35. The van der Waals surface area contributed by atoms with E-state index >= 15 is 0 Å². The van der Waals surface area contributed by atoms with Gasteiger partial charge in [-0.25, -0.2) is 0 Å². The molecular weight excluding hydrogens is 428 g/mol. The number of ether oxygens (including phenoxy) is 1. The lowest BCUT2D eigenvalue weighted by Gasteiger charge is -2.41. The van der Waals surface area contributed by atoms with Crippen molar-refractivity contribution < 1.29 is 14.3 Å². The zero-order valence-electron chi connectivity index (χ0n) is 20.5. The van der Waals surface area contributed by atoms with Crippen LogP contribution in [0.4, 0.5) is 0 Å². The lowest BCUT2D eigenvalue weighted by molar-refractivity contribution is -0.135. The van der Waals surface area contributed by atoms with Crippen LogP contribution in [0.25, 0.3) is 0 Å². The summed E-state index contributed by atoms with van der Waals surface area (Å²) in [4.78, 5) is 28.4. The van der Waals surface area contributed by atoms with E-state index in [1.165, 1.54) is 5.56 Å². The number of aryl methyl sites for hydroxylation is 1. The topological polar surface area (TPSA) is 87.3 Å². The number of para-hydroxylation sites is 1. The molecule has 1 aromatic heterocycles. The Hall–Kier alpha value is -2.83. The first-order valence-corrected chi connectivity index (χ1v) is 12.8. The largest absolute Gasteiger partial charge is 0.491 e. The molecule has 2 aromatic rings. The summed E-state index contributed by atoms with van der Waals surface area (Å²) in [7, 11) is 0. The van der Waals surface area contributed by atoms with E-state index in [4.69, 9.17) is 4.74 Å². The van der Waals surface area contributed by atoms with Gasteiger partial charge in [-0.1, -0.05) is 44.9 Å². The first kappa shape index (κ1) is 24.3. The molecule has 0 saturated carbocycles. The number of hydrogen-bond acceptors (Lipinski definition) is 4. The molecule has 7 nitrogen and oxygen atoms in total. The predicted octanol–water partition coefficient (Wildman–Crippen LogP) is 4.36. The van der Waals surface area contributed by atoms with Crippen LogP contribution in [0.5, 0.6) is 5.75 Å². The van der Waals surface area contributed by atoms with Gasteiger partial charge >= 0.3 is 0 Å². The SMILES string of the molecule is CC(C)C[C@H]1COc2ccccc2CCCCCC2(CCN(C(=O)c3ccn[nH]3)CC2)C(=O)N1. The Morgan fingerprint density at radius 2 is 1.94 bits per heavy atom. The molecular formula is C27H38N4O3. The van der Waals surface area contributed by atoms with Crippen LogP contribution < -0.4 is 10.1 Å². The second-order valence-electron chi connectivity index (χ2n) is 10.3. The van der Waals surface area contributed by atoms with Crippen LogP contribution in [0.1, 0.15) is 74.8 Å². The van der Waals surface area contributed by atoms with Crippen molar-refractivity contribution in [2.24, 2.45) is 11.3 Å². The second kappa shape index (κ2) is 11.1. The number of amides is 2. The average molecular weight is 467 g/mol. The van der Waals surface area contributed by atoms with Crippen LogP contribution >= 0.6 is 0 Å². The number of rotatable bonds is 3. The zero-order valence-corrected chi connectivity index (χ0v) is 20.5. The van der Waals surface area contributed by atoms with Crippen LogP contribution in [0.2, 0.25) is 0 Å². The smallest absolute Gasteiger partial charge is 0.271 e. The number of nitrogens with zero attached hydrogens (tertiary/aromatic N) is 2. The van der Waals surface area contributed by atoms with Gasteiger partial charge in [0.05, 0.1) is 11.5 Å². The molecule has 2 aliphatic heterocycles. The number of hydrogen-bond donors (Lipinski definition) is 2. The van der Waals surface area contributed by atoms with E-state index in [0.29, 0.717) is 44.1 Å². The summed E-state index contributed by atoms with van der Waals surface area (Å²) in [5.41, 5.74) is 1.32. The second-order valence-corrected chi connectivity index (χ2v) is 10.3. The fourth-order valence-corrected chi connectivity index (χ4v) is 5.35. The quantitative estimate of drug-likeness (QED) is 0.704. The summed E-state index contributed by atoms with van der Waals surface area (Å²) in [6.07, 6.45) is 8.87. The molecule has 4 rings (SSSR count). The summed E-state index contributed by atoms with van der Waals surface area (Å²) in [6.45, 7) is 6.00. The molecule has 0 unspecified atom stereocenters. The van der Waals surface area contributed by atoms with Gasteiger partial charge in [0.1, 0.15) is 18.1 Å². The molecule has 34 heavy (non-hydrogen) atoms. The van der Waals surface area contributed by atoms with E-state index in [0.717, 1.165) is 44.3 Å². The van der Waals surface area contributed by atoms with Crippen LogP contribution in [-0.2, 0) is 11.2 Å². The van der Waals surface area contributed by atoms with E-state index in [1.807, 2.05) is 17.0 Å². The summed E-state index contributed by atoms with van der Waals surface area (Å²) >= 11 is 0. The molecule has 1 fully saturated rings. The van der Waals surface area contributed by atoms with Gasteiger partial charge in [-0.3, -0.25) is 14.7 Å². The molecule has 0 bridgehead atoms. The predicted molar refractivity (Wildman–Crippen MR) is 132 cm³/mol. The van der Waals surface area contributed by atoms with Crippen molar-refractivity contribution in [2.45, 2.75) is 71.3 Å². The summed E-state index contributed by atoms with van der Waals surface area (Å²) in [5, 5.41) is 10.0. The van der Waals surface area contributed by atoms with E-state index in [1.54, 1.807) is 12.3 Å². The maximum absolute atomic E-state index is 13.7. The average Bonchev–Trinajstić information content (AvgIpc) is 3.37. The third kappa shape index (κ3) is 5.80. The maximum Gasteiger partial charge on any atom is 0.271 e. The van der Waals surface area contributed by atoms with E-state index in [9.17, 15) is 9.59 Å². The van der Waals surface area contributed by atoms with E-state index in [2.05, 4.69) is 41.5 Å². The molecule has 0 radical (unpaired) electrons. The standard InChI is InChI=1S/C27H38N4O3/c1-20(2)18-22-19-34-24-10-6-5-9-21(24)8-4-3-7-12-27(26(33)29-22)13-16-31(17-14-27)25(32)23-11-15-28-30-23/h5-6,9-11,15,20,22H,3-4,7-8,12-14,16-19H2,1-2H3,(H,28,30)(H,29,33)/t22-/m0/s1. The lowest BCUT2D eigenvalue weighted by atomic mass is 9.73. The Morgan fingerprint density at radius 3 is 2.68 bits per heavy atom. The van der Waals surface area contributed by atoms with Crippen LogP contribution in [-0.4, -0.2) is 52.6 Å². The van der Waals surface area contributed by atoms with E-state index < -0.39 is 5.41 Å². The highest BCUT2D eigenvalue weighted by Gasteiger charge is 2.42. The van der Waals surface area contributed by atoms with Gasteiger partial charge in [0.25, 0.3) is 5.91 Å². The summed E-state index contributed by atoms with van der Waals surface area (Å²) < 4.78 is 6.25. The molecule has 0 aliphatic carbocycles. The lowest BCUT2D eigenvalue weighted by Crippen LogP contribution is -2.53. The number of fused-ring (bicyclic) bond motifs is 1. The highest BCUT2D eigenvalue weighted by molar-refractivity contribution is 5.92. The molecule has 2 amide bonds. The number of likely N-dealkylation sites (tertiary alicyclic amines) is 1. The molecule has 1 saturated heterocycles. The van der Waals surface area contributed by atoms with E-state index in [-0.39, 0.29) is 17.9 Å². The Balaban J connectivity index is 1.49. The van der Waals surface area contributed by atoms with Gasteiger partial charge in [-0.2, -0.15) is 5.10 Å². The third-order valence-electron chi connectivity index (χ3n) is 7.33. The first-order valence-electron chi connectivity index (χ1n) is 12.8. The van der Waals surface area contributed by atoms with Crippen molar-refractivity contribution in [1.82, 2.24) is 20.4 Å². The number of aromatic amines is 1. The molecule has 2 N–H and O–H groups in total. The van der Waals surface area contributed by atoms with Crippen molar-refractivity contribution >= 4 is 11.8 Å². The number of carbonyl (C=O) groups is 2. The highest BCUT2D eigenvalue weighted by atomic mass is 16.5. The Morgan fingerprint density at radius 1 is 1.15 bits per heavy atom. The summed E-state index contributed by atoms with van der Waals surface area (Å²) in [6, 6.07) is 9.94. The molecule has 184 valence electrons. The number of aromatic nitrogens is 2. The third-order valence-corrected chi connectivity index (χ3v) is 7.33. The molecule has 7 heteroatoms. The highest BCUT2D eigenvalue weighted by Crippen LogP contribution is 2.38. The Labute approximate surface area is 202 Å². The minimum absolute atomic E-state index is 0.0390. The van der Waals surface area contributed by atoms with Crippen molar-refractivity contribution in [3.05, 3.63) is 47.8 Å². The Bertz CT molecular complexity index is 949. The minimum atomic E-state index is -0.430. The molecule has 1 atom stereocenters. The minimum Gasteiger partial charge on any atom is -0.491 e. The first-order chi connectivity index (χ1) is 16.5. The molecule has 1 spiro atoms. The van der Waals surface area contributed by atoms with Gasteiger partial charge in [0.15, 0.2) is 0 Å². The van der Waals surface area contributed by atoms with Gasteiger partial charge in [0.2, 0.25) is 5.91 Å². The molecule has 3 heterocycles. The normalized spacial score (nSPS) is 21.6. The van der Waals surface area contributed by atoms with Crippen LogP contribution in [0.3, 0.4) is 0 Å². The van der Waals surface area contributed by atoms with Gasteiger partial charge in [0, 0.05) is 19.3 Å². The number of piperidine rings is 1. The van der Waals surface area contributed by atoms with Gasteiger partial charge in [-0.15, -0.1) is 0 Å². The van der Waals surface area contributed by atoms with Crippen molar-refractivity contribution in [3.63, 3.8) is 0 Å². The molecule has 2 aliphatic rings. The van der Waals surface area contributed by atoms with Crippen molar-refractivity contribution in [3.8, 4) is 5.75 Å². The van der Waals surface area contributed by atoms with Crippen molar-refractivity contribution in [1.29, 1.82) is 0 Å². The summed E-state index contributed by atoms with van der Waals surface area (Å²) in [5.74, 6) is 1.47. The number of carbonyl (C=O) groups excluding carboxylic acids is 2.